The molecule has 0 unspecified atom stereocenters. The Labute approximate surface area is 118 Å². The zero-order chi connectivity index (χ0) is 14.3. The molecule has 0 bridgehead atoms. The van der Waals surface area contributed by atoms with Gasteiger partial charge in [-0.15, -0.1) is 0 Å². The van der Waals surface area contributed by atoms with E-state index in [-0.39, 0.29) is 0 Å². The summed E-state index contributed by atoms with van der Waals surface area (Å²) in [5, 5.41) is 1.40. The van der Waals surface area contributed by atoms with E-state index in [2.05, 4.69) is 50.0 Å². The Morgan fingerprint density at radius 2 is 1.79 bits per heavy atom. The van der Waals surface area contributed by atoms with Crippen LogP contribution in [0.3, 0.4) is 0 Å². The fourth-order valence-electron chi connectivity index (χ4n) is 2.27. The number of carbonyl (C=O) groups is 1. The number of hydrogen-bond acceptors (Lipinski definition) is 1. The van der Waals surface area contributed by atoms with Crippen molar-refractivity contribution in [1.82, 2.24) is 0 Å². The van der Waals surface area contributed by atoms with E-state index < -0.39 is 8.07 Å². The van der Waals surface area contributed by atoms with Gasteiger partial charge in [-0.2, -0.15) is 0 Å². The van der Waals surface area contributed by atoms with Gasteiger partial charge >= 0.3 is 0 Å². The molecule has 19 heavy (non-hydrogen) atoms. The third-order valence-corrected chi connectivity index (χ3v) is 6.42. The summed E-state index contributed by atoms with van der Waals surface area (Å²) in [7, 11) is -1.65. The van der Waals surface area contributed by atoms with Crippen molar-refractivity contribution >= 4 is 19.0 Å². The van der Waals surface area contributed by atoms with Crippen LogP contribution in [0.25, 0.3) is 0 Å². The van der Waals surface area contributed by atoms with Crippen LogP contribution in [-0.4, -0.2) is 13.9 Å². The molecule has 0 saturated heterocycles. The molecule has 0 aromatic heterocycles. The maximum Gasteiger partial charge on any atom is 0.157 e. The summed E-state index contributed by atoms with van der Waals surface area (Å²) < 4.78 is 0. The minimum atomic E-state index is -1.65. The number of allylic oxidation sites excluding steroid dienone is 1. The maximum absolute atomic E-state index is 12.1. The van der Waals surface area contributed by atoms with E-state index in [0.717, 1.165) is 24.8 Å². The van der Waals surface area contributed by atoms with E-state index in [4.69, 9.17) is 0 Å². The van der Waals surface area contributed by atoms with Crippen molar-refractivity contribution in [2.24, 2.45) is 0 Å². The van der Waals surface area contributed by atoms with Gasteiger partial charge in [-0.05, 0) is 18.4 Å². The molecule has 0 aliphatic heterocycles. The monoisotopic (exact) mass is 274 g/mol. The lowest BCUT2D eigenvalue weighted by molar-refractivity contribution is -0.115. The minimum Gasteiger partial charge on any atom is -0.295 e. The maximum atomic E-state index is 12.1. The molecule has 1 aromatic carbocycles. The lowest BCUT2D eigenvalue weighted by Crippen LogP contribution is -2.40. The number of rotatable bonds is 7. The summed E-state index contributed by atoms with van der Waals surface area (Å²) in [6, 6.07) is 10.6. The van der Waals surface area contributed by atoms with Gasteiger partial charge < -0.3 is 0 Å². The fourth-order valence-corrected chi connectivity index (χ4v) is 4.67. The van der Waals surface area contributed by atoms with Gasteiger partial charge in [0, 0.05) is 6.42 Å². The van der Waals surface area contributed by atoms with Crippen LogP contribution in [0.4, 0.5) is 0 Å². The smallest absolute Gasteiger partial charge is 0.157 e. The average molecular weight is 274 g/mol. The van der Waals surface area contributed by atoms with Gasteiger partial charge in [0.15, 0.2) is 5.78 Å². The van der Waals surface area contributed by atoms with Crippen LogP contribution in [0.1, 0.15) is 39.5 Å². The topological polar surface area (TPSA) is 17.1 Å². The van der Waals surface area contributed by atoms with Crippen LogP contribution < -0.4 is 5.19 Å². The molecular formula is C17H26OSi. The van der Waals surface area contributed by atoms with Crippen LogP contribution in [0.2, 0.25) is 13.1 Å². The van der Waals surface area contributed by atoms with Crippen molar-refractivity contribution in [3.05, 3.63) is 41.6 Å². The third kappa shape index (κ3) is 4.79. The molecule has 104 valence electrons. The summed E-state index contributed by atoms with van der Waals surface area (Å²) in [5.74, 6) is 0.324. The van der Waals surface area contributed by atoms with Crippen molar-refractivity contribution < 1.29 is 4.79 Å². The Morgan fingerprint density at radius 1 is 1.16 bits per heavy atom. The molecule has 1 nitrogen and oxygen atoms in total. The highest BCUT2D eigenvalue weighted by Gasteiger charge is 2.22. The standard InChI is InChI=1S/C17H26OSi/c1-5-7-11-15(17(18)6-2)14-19(3,4)16-12-9-8-10-13-16/h8-10,12-14H,5-7,11H2,1-4H3/b15-14-. The van der Waals surface area contributed by atoms with Crippen LogP contribution in [-0.2, 0) is 4.79 Å². The lowest BCUT2D eigenvalue weighted by atomic mass is 10.1. The zero-order valence-corrected chi connectivity index (χ0v) is 13.7. The molecule has 2 heteroatoms. The minimum absolute atomic E-state index is 0.324. The Morgan fingerprint density at radius 3 is 2.32 bits per heavy atom. The predicted octanol–water partition coefficient (Wildman–Crippen LogP) is 4.24. The molecule has 0 aliphatic carbocycles. The molecule has 0 fully saturated rings. The Kier molecular flexibility index (Phi) is 6.23. The number of benzene rings is 1. The first-order chi connectivity index (χ1) is 9.01. The van der Waals surface area contributed by atoms with Gasteiger partial charge in [0.25, 0.3) is 0 Å². The SMILES string of the molecule is CCCC/C(=C/[Si](C)(C)c1ccccc1)C(=O)CC. The highest BCUT2D eigenvalue weighted by molar-refractivity contribution is 6.94. The number of hydrogen-bond donors (Lipinski definition) is 0. The quantitative estimate of drug-likeness (QED) is 0.537. The Hall–Kier alpha value is -1.15. The van der Waals surface area contributed by atoms with E-state index in [1.54, 1.807) is 0 Å². The Bertz CT molecular complexity index is 432. The molecule has 0 heterocycles. The van der Waals surface area contributed by atoms with E-state index in [0.29, 0.717) is 12.2 Å². The van der Waals surface area contributed by atoms with Gasteiger partial charge in [-0.25, -0.2) is 0 Å². The highest BCUT2D eigenvalue weighted by atomic mass is 28.3. The van der Waals surface area contributed by atoms with Crippen molar-refractivity contribution in [3.8, 4) is 0 Å². The van der Waals surface area contributed by atoms with Gasteiger partial charge in [0.05, 0.1) is 0 Å². The van der Waals surface area contributed by atoms with Gasteiger partial charge in [-0.3, -0.25) is 4.79 Å². The van der Waals surface area contributed by atoms with Crippen molar-refractivity contribution in [3.63, 3.8) is 0 Å². The molecule has 0 radical (unpaired) electrons. The summed E-state index contributed by atoms with van der Waals surface area (Å²) in [5.41, 5.74) is 3.37. The third-order valence-electron chi connectivity index (χ3n) is 3.53. The number of carbonyl (C=O) groups excluding carboxylic acids is 1. The summed E-state index contributed by atoms with van der Waals surface area (Å²) in [4.78, 5) is 12.1. The molecule has 0 amide bonds. The normalized spacial score (nSPS) is 12.5. The molecule has 1 rings (SSSR count). The first-order valence-corrected chi connectivity index (χ1v) is 10.4. The van der Waals surface area contributed by atoms with E-state index in [9.17, 15) is 4.79 Å². The van der Waals surface area contributed by atoms with Crippen LogP contribution in [0.15, 0.2) is 41.6 Å². The lowest BCUT2D eigenvalue weighted by Gasteiger charge is -2.20. The average Bonchev–Trinajstić information content (AvgIpc) is 2.43. The fraction of sp³-hybridized carbons (Fsp3) is 0.471. The van der Waals surface area contributed by atoms with Crippen LogP contribution in [0, 0.1) is 0 Å². The predicted molar refractivity (Wildman–Crippen MR) is 86.5 cm³/mol. The van der Waals surface area contributed by atoms with Crippen LogP contribution >= 0.6 is 0 Å². The van der Waals surface area contributed by atoms with Gasteiger partial charge in [-0.1, -0.05) is 74.6 Å². The summed E-state index contributed by atoms with van der Waals surface area (Å²) in [6.07, 6.45) is 3.81. The largest absolute Gasteiger partial charge is 0.295 e. The number of Topliss-reactive ketones (excluding diaryl/α,β-unsaturated/α-hetero) is 1. The second-order valence-electron chi connectivity index (χ2n) is 5.64. The zero-order valence-electron chi connectivity index (χ0n) is 12.7. The number of unbranched alkanes of at least 4 members (excludes halogenated alkanes) is 1. The molecule has 0 N–H and O–H groups in total. The summed E-state index contributed by atoms with van der Waals surface area (Å²) in [6.45, 7) is 8.77. The molecular weight excluding hydrogens is 248 g/mol. The Balaban J connectivity index is 3.02. The van der Waals surface area contributed by atoms with Crippen molar-refractivity contribution in [2.75, 3.05) is 0 Å². The molecule has 0 spiro atoms. The first kappa shape index (κ1) is 15.9. The molecule has 0 aliphatic rings. The van der Waals surface area contributed by atoms with E-state index in [1.807, 2.05) is 13.0 Å². The molecule has 0 atom stereocenters. The molecule has 0 saturated carbocycles. The highest BCUT2D eigenvalue weighted by Crippen LogP contribution is 2.16. The summed E-state index contributed by atoms with van der Waals surface area (Å²) >= 11 is 0. The molecule has 1 aromatic rings. The van der Waals surface area contributed by atoms with Crippen molar-refractivity contribution in [2.45, 2.75) is 52.6 Å². The number of ketones is 1. The van der Waals surface area contributed by atoms with E-state index in [1.165, 1.54) is 5.19 Å². The van der Waals surface area contributed by atoms with Crippen LogP contribution in [0.5, 0.6) is 0 Å². The first-order valence-electron chi connectivity index (χ1n) is 7.31. The second kappa shape index (κ2) is 7.44. The van der Waals surface area contributed by atoms with Crippen molar-refractivity contribution in [1.29, 1.82) is 0 Å². The second-order valence-corrected chi connectivity index (χ2v) is 9.95. The van der Waals surface area contributed by atoms with E-state index >= 15 is 0 Å². The van der Waals surface area contributed by atoms with Gasteiger partial charge in [0.1, 0.15) is 8.07 Å². The van der Waals surface area contributed by atoms with Gasteiger partial charge in [0.2, 0.25) is 0 Å².